The number of phenols is 1. The fourth-order valence-corrected chi connectivity index (χ4v) is 2.57. The largest absolute Gasteiger partial charge is 0.508 e. The molecule has 1 aromatic heterocycles. The van der Waals surface area contributed by atoms with Crippen molar-refractivity contribution in [2.75, 3.05) is 0 Å². The van der Waals surface area contributed by atoms with E-state index in [0.29, 0.717) is 17.1 Å². The van der Waals surface area contributed by atoms with Gasteiger partial charge in [0.25, 0.3) is 0 Å². The van der Waals surface area contributed by atoms with Gasteiger partial charge in [0.2, 0.25) is 0 Å². The Morgan fingerprint density at radius 3 is 2.73 bits per heavy atom. The quantitative estimate of drug-likeness (QED) is 0.373. The molecule has 0 spiro atoms. The van der Waals surface area contributed by atoms with Gasteiger partial charge in [-0.1, -0.05) is 17.7 Å². The smallest absolute Gasteiger partial charge is 0.173 e. The first-order chi connectivity index (χ1) is 10.6. The number of nitrogens with zero attached hydrogens (tertiary/aromatic N) is 2. The molecule has 22 heavy (non-hydrogen) atoms. The lowest BCUT2D eigenvalue weighted by Crippen LogP contribution is -1.99. The van der Waals surface area contributed by atoms with Crippen molar-refractivity contribution in [3.8, 4) is 5.75 Å². The number of hydrogen-bond acceptors (Lipinski definition) is 3. The van der Waals surface area contributed by atoms with Crippen LogP contribution in [-0.2, 0) is 6.54 Å². The summed E-state index contributed by atoms with van der Waals surface area (Å²) in [5.41, 5.74) is 9.27. The molecule has 1 heterocycles. The van der Waals surface area contributed by atoms with Crippen LogP contribution in [0.4, 0.5) is 0 Å². The van der Waals surface area contributed by atoms with E-state index in [-0.39, 0.29) is 11.6 Å². The number of halogens is 1. The van der Waals surface area contributed by atoms with Crippen LogP contribution in [0.3, 0.4) is 0 Å². The Balaban J connectivity index is 1.98. The van der Waals surface area contributed by atoms with Crippen LogP contribution in [0.15, 0.2) is 53.8 Å². The van der Waals surface area contributed by atoms with Gasteiger partial charge in [0.05, 0.1) is 6.54 Å². The second kappa shape index (κ2) is 5.61. The Morgan fingerprint density at radius 1 is 1.18 bits per heavy atom. The molecule has 6 heteroatoms. The zero-order chi connectivity index (χ0) is 15.7. The molecule has 0 unspecified atom stereocenters. The zero-order valence-electron chi connectivity index (χ0n) is 11.5. The molecule has 0 aliphatic rings. The van der Waals surface area contributed by atoms with Crippen molar-refractivity contribution in [2.24, 2.45) is 5.11 Å². The summed E-state index contributed by atoms with van der Waals surface area (Å²) in [5, 5.41) is 22.1. The first-order valence-corrected chi connectivity index (χ1v) is 6.99. The Hall–Kier alpha value is -2.66. The maximum atomic E-state index is 9.95. The minimum atomic E-state index is -0.0648. The van der Waals surface area contributed by atoms with Gasteiger partial charge in [-0.15, -0.1) is 5.11 Å². The van der Waals surface area contributed by atoms with E-state index < -0.39 is 0 Å². The predicted molar refractivity (Wildman–Crippen MR) is 86.1 cm³/mol. The van der Waals surface area contributed by atoms with Crippen LogP contribution in [0.1, 0.15) is 11.1 Å². The van der Waals surface area contributed by atoms with Gasteiger partial charge in [-0.05, 0) is 36.4 Å². The highest BCUT2D eigenvalue weighted by Gasteiger charge is 2.08. The molecule has 110 valence electrons. The van der Waals surface area contributed by atoms with Crippen LogP contribution in [-0.4, -0.2) is 15.5 Å². The summed E-state index contributed by atoms with van der Waals surface area (Å²) in [4.78, 5) is 0. The molecule has 3 N–H and O–H groups in total. The van der Waals surface area contributed by atoms with Crippen molar-refractivity contribution in [3.05, 3.63) is 64.8 Å². The van der Waals surface area contributed by atoms with Crippen LogP contribution in [0.2, 0.25) is 5.02 Å². The Labute approximate surface area is 131 Å². The molecular weight excluding hydrogens is 300 g/mol. The van der Waals surface area contributed by atoms with E-state index in [1.54, 1.807) is 18.2 Å². The van der Waals surface area contributed by atoms with Crippen LogP contribution >= 0.6 is 11.6 Å². The summed E-state index contributed by atoms with van der Waals surface area (Å²) in [6.45, 7) is 0.520. The van der Waals surface area contributed by atoms with Crippen LogP contribution in [0.25, 0.3) is 10.9 Å². The summed E-state index contributed by atoms with van der Waals surface area (Å²) < 4.78 is 2.00. The first kappa shape index (κ1) is 14.3. The van der Waals surface area contributed by atoms with Gasteiger partial charge in [-0.25, -0.2) is 5.53 Å². The molecule has 0 aliphatic carbocycles. The lowest BCUT2D eigenvalue weighted by atomic mass is 10.1. The average molecular weight is 313 g/mol. The summed E-state index contributed by atoms with van der Waals surface area (Å²) >= 11 is 5.84. The SMILES string of the molecule is N=NC(=N)c1ccc2c(ccn2Cc2ccc(Cl)cc2O)c1. The summed E-state index contributed by atoms with van der Waals surface area (Å²) in [6.07, 6.45) is 1.92. The average Bonchev–Trinajstić information content (AvgIpc) is 2.91. The van der Waals surface area contributed by atoms with E-state index in [1.807, 2.05) is 29.0 Å². The molecule has 0 fully saturated rings. The Kier molecular flexibility index (Phi) is 3.65. The fourth-order valence-electron chi connectivity index (χ4n) is 2.40. The Morgan fingerprint density at radius 2 is 2.00 bits per heavy atom. The topological polar surface area (TPSA) is 85.2 Å². The summed E-state index contributed by atoms with van der Waals surface area (Å²) in [7, 11) is 0. The van der Waals surface area contributed by atoms with Crippen LogP contribution < -0.4 is 0 Å². The summed E-state index contributed by atoms with van der Waals surface area (Å²) in [6, 6.07) is 12.5. The molecule has 0 saturated heterocycles. The van der Waals surface area contributed by atoms with Crippen molar-refractivity contribution in [1.82, 2.24) is 4.57 Å². The highest BCUT2D eigenvalue weighted by atomic mass is 35.5. The third-order valence-electron chi connectivity index (χ3n) is 3.54. The molecule has 0 saturated carbocycles. The van der Waals surface area contributed by atoms with Crippen molar-refractivity contribution in [1.29, 1.82) is 10.9 Å². The number of rotatable bonds is 3. The molecule has 0 bridgehead atoms. The Bertz CT molecular complexity index is 885. The van der Waals surface area contributed by atoms with Crippen molar-refractivity contribution in [3.63, 3.8) is 0 Å². The number of fused-ring (bicyclic) bond motifs is 1. The van der Waals surface area contributed by atoms with Crippen molar-refractivity contribution in [2.45, 2.75) is 6.54 Å². The van der Waals surface area contributed by atoms with E-state index in [0.717, 1.165) is 16.5 Å². The number of benzene rings is 2. The molecule has 2 aromatic carbocycles. The third-order valence-corrected chi connectivity index (χ3v) is 3.78. The van der Waals surface area contributed by atoms with E-state index in [2.05, 4.69) is 5.11 Å². The van der Waals surface area contributed by atoms with E-state index in [9.17, 15) is 5.11 Å². The monoisotopic (exact) mass is 312 g/mol. The number of hydrogen-bond donors (Lipinski definition) is 3. The number of aromatic hydroxyl groups is 1. The number of phenolic OH excluding ortho intramolecular Hbond substituents is 1. The lowest BCUT2D eigenvalue weighted by Gasteiger charge is -2.08. The fraction of sp³-hybridized carbons (Fsp3) is 0.0625. The van der Waals surface area contributed by atoms with Crippen LogP contribution in [0, 0.1) is 10.9 Å². The standard InChI is InChI=1S/C16H13ClN4O/c17-13-3-1-12(15(22)8-13)9-21-6-5-10-7-11(16(18)20-19)2-4-14(10)21/h1-8,18-19,22H,9H2. The number of amidine groups is 1. The molecule has 3 aromatic rings. The zero-order valence-corrected chi connectivity index (χ0v) is 12.3. The van der Waals surface area contributed by atoms with Crippen LogP contribution in [0.5, 0.6) is 5.75 Å². The molecule has 0 atom stereocenters. The van der Waals surface area contributed by atoms with Gasteiger partial charge in [0.15, 0.2) is 5.84 Å². The molecule has 0 amide bonds. The molecule has 5 nitrogen and oxygen atoms in total. The minimum absolute atomic E-state index is 0.0648. The van der Waals surface area contributed by atoms with Gasteiger partial charge >= 0.3 is 0 Å². The number of aromatic nitrogens is 1. The van der Waals surface area contributed by atoms with Gasteiger partial charge in [0.1, 0.15) is 5.75 Å². The predicted octanol–water partition coefficient (Wildman–Crippen LogP) is 4.40. The van der Waals surface area contributed by atoms with Gasteiger partial charge in [-0.2, -0.15) is 0 Å². The van der Waals surface area contributed by atoms with Gasteiger partial charge in [-0.3, -0.25) is 5.41 Å². The van der Waals surface area contributed by atoms with E-state index >= 15 is 0 Å². The molecule has 3 rings (SSSR count). The lowest BCUT2D eigenvalue weighted by molar-refractivity contribution is 0.466. The van der Waals surface area contributed by atoms with E-state index in [4.69, 9.17) is 22.5 Å². The van der Waals surface area contributed by atoms with Gasteiger partial charge in [0, 0.05) is 33.2 Å². The van der Waals surface area contributed by atoms with E-state index in [1.165, 1.54) is 6.07 Å². The third kappa shape index (κ3) is 2.58. The molecule has 0 radical (unpaired) electrons. The minimum Gasteiger partial charge on any atom is -0.508 e. The molecular formula is C16H13ClN4O. The van der Waals surface area contributed by atoms with Gasteiger partial charge < -0.3 is 9.67 Å². The van der Waals surface area contributed by atoms with Crippen molar-refractivity contribution < 1.29 is 5.11 Å². The molecule has 0 aliphatic heterocycles. The summed E-state index contributed by atoms with van der Waals surface area (Å²) in [5.74, 6) is 0.103. The highest BCUT2D eigenvalue weighted by Crippen LogP contribution is 2.25. The normalized spacial score (nSPS) is 10.8. The first-order valence-electron chi connectivity index (χ1n) is 6.61. The highest BCUT2D eigenvalue weighted by molar-refractivity contribution is 6.30. The number of nitrogens with one attached hydrogen (secondary N) is 2. The second-order valence-electron chi connectivity index (χ2n) is 4.95. The maximum absolute atomic E-state index is 9.95. The maximum Gasteiger partial charge on any atom is 0.173 e. The second-order valence-corrected chi connectivity index (χ2v) is 5.39. The van der Waals surface area contributed by atoms with Crippen molar-refractivity contribution >= 4 is 28.3 Å².